The molecule has 0 saturated heterocycles. The third kappa shape index (κ3) is 1.33. The molecule has 3 unspecified atom stereocenters. The van der Waals surface area contributed by atoms with Crippen molar-refractivity contribution in [1.29, 1.82) is 0 Å². The summed E-state index contributed by atoms with van der Waals surface area (Å²) in [6, 6.07) is 0. The van der Waals surface area contributed by atoms with Crippen LogP contribution in [0.15, 0.2) is 0 Å². The molecular formula is C13H22. The van der Waals surface area contributed by atoms with Crippen LogP contribution in [0.5, 0.6) is 0 Å². The summed E-state index contributed by atoms with van der Waals surface area (Å²) in [6.07, 6.45) is 14.1. The van der Waals surface area contributed by atoms with Gasteiger partial charge in [0.15, 0.2) is 0 Å². The molecule has 3 fully saturated rings. The summed E-state index contributed by atoms with van der Waals surface area (Å²) in [5, 5.41) is 0. The van der Waals surface area contributed by atoms with Crippen molar-refractivity contribution in [3.63, 3.8) is 0 Å². The predicted octanol–water partition coefficient (Wildman–Crippen LogP) is 4.00. The highest BCUT2D eigenvalue weighted by Crippen LogP contribution is 2.55. The molecular weight excluding hydrogens is 156 g/mol. The van der Waals surface area contributed by atoms with E-state index in [1.54, 1.807) is 57.8 Å². The van der Waals surface area contributed by atoms with E-state index in [1.807, 2.05) is 0 Å². The minimum Gasteiger partial charge on any atom is -0.0530 e. The zero-order valence-electron chi connectivity index (χ0n) is 8.67. The zero-order chi connectivity index (χ0) is 8.67. The van der Waals surface area contributed by atoms with Crippen LogP contribution in [0, 0.1) is 23.7 Å². The van der Waals surface area contributed by atoms with Crippen molar-refractivity contribution in [2.24, 2.45) is 23.7 Å². The first-order valence-electron chi connectivity index (χ1n) is 6.45. The second-order valence-electron chi connectivity index (χ2n) is 5.65. The average molecular weight is 178 g/mol. The van der Waals surface area contributed by atoms with Gasteiger partial charge in [0.25, 0.3) is 0 Å². The Balaban J connectivity index is 1.61. The van der Waals surface area contributed by atoms with Gasteiger partial charge in [0.05, 0.1) is 0 Å². The Hall–Kier alpha value is 0. The van der Waals surface area contributed by atoms with Gasteiger partial charge < -0.3 is 0 Å². The van der Waals surface area contributed by atoms with E-state index in [0.29, 0.717) is 0 Å². The molecule has 0 amide bonds. The smallest absolute Gasteiger partial charge is 0.0352 e. The normalized spacial score (nSPS) is 45.7. The maximum absolute atomic E-state index is 1.62. The monoisotopic (exact) mass is 178 g/mol. The number of hydrogen-bond donors (Lipinski definition) is 0. The van der Waals surface area contributed by atoms with E-state index in [2.05, 4.69) is 0 Å². The van der Waals surface area contributed by atoms with Gasteiger partial charge in [0, 0.05) is 0 Å². The Morgan fingerprint density at radius 2 is 1.15 bits per heavy atom. The molecule has 3 rings (SSSR count). The first-order chi connectivity index (χ1) is 6.45. The topological polar surface area (TPSA) is 0 Å². The third-order valence-electron chi connectivity index (χ3n) is 5.10. The van der Waals surface area contributed by atoms with Crippen LogP contribution in [-0.4, -0.2) is 0 Å². The van der Waals surface area contributed by atoms with Gasteiger partial charge in [-0.1, -0.05) is 44.9 Å². The molecule has 0 spiro atoms. The summed E-state index contributed by atoms with van der Waals surface area (Å²) in [6.45, 7) is 0. The summed E-state index contributed by atoms with van der Waals surface area (Å²) in [5.41, 5.74) is 0. The van der Waals surface area contributed by atoms with Crippen molar-refractivity contribution in [1.82, 2.24) is 0 Å². The van der Waals surface area contributed by atoms with Crippen LogP contribution in [0.2, 0.25) is 0 Å². The predicted molar refractivity (Wildman–Crippen MR) is 55.5 cm³/mol. The van der Waals surface area contributed by atoms with Crippen molar-refractivity contribution in [2.75, 3.05) is 0 Å². The van der Waals surface area contributed by atoms with Gasteiger partial charge in [-0.15, -0.1) is 0 Å². The molecule has 0 N–H and O–H groups in total. The standard InChI is InChI=1S/C13H22/c1-2-6-10(5-1)13-9-11-7-3-4-8-12(11)13/h10-13H,1-9H2. The minimum absolute atomic E-state index is 1.17. The SMILES string of the molecule is C1CCC2C(C1)CC2C1CCCC1. The Kier molecular flexibility index (Phi) is 2.11. The zero-order valence-corrected chi connectivity index (χ0v) is 8.67. The lowest BCUT2D eigenvalue weighted by atomic mass is 9.55. The van der Waals surface area contributed by atoms with Crippen molar-refractivity contribution in [3.05, 3.63) is 0 Å². The van der Waals surface area contributed by atoms with E-state index in [9.17, 15) is 0 Å². The second kappa shape index (κ2) is 3.29. The van der Waals surface area contributed by atoms with E-state index >= 15 is 0 Å². The summed E-state index contributed by atoms with van der Waals surface area (Å²) >= 11 is 0. The van der Waals surface area contributed by atoms with Gasteiger partial charge in [0.2, 0.25) is 0 Å². The van der Waals surface area contributed by atoms with E-state index in [4.69, 9.17) is 0 Å². The van der Waals surface area contributed by atoms with Crippen LogP contribution >= 0.6 is 0 Å². The fourth-order valence-electron chi connectivity index (χ4n) is 4.35. The molecule has 0 aliphatic heterocycles. The van der Waals surface area contributed by atoms with Gasteiger partial charge in [-0.2, -0.15) is 0 Å². The minimum atomic E-state index is 1.17. The second-order valence-corrected chi connectivity index (χ2v) is 5.65. The lowest BCUT2D eigenvalue weighted by Crippen LogP contribution is -2.42. The summed E-state index contributed by atoms with van der Waals surface area (Å²) in [7, 11) is 0. The maximum Gasteiger partial charge on any atom is -0.0352 e. The fraction of sp³-hybridized carbons (Fsp3) is 1.00. The Morgan fingerprint density at radius 1 is 0.538 bits per heavy atom. The molecule has 0 aromatic heterocycles. The fourth-order valence-corrected chi connectivity index (χ4v) is 4.35. The van der Waals surface area contributed by atoms with E-state index < -0.39 is 0 Å². The Bertz CT molecular complexity index is 178. The molecule has 3 atom stereocenters. The molecule has 0 aromatic rings. The van der Waals surface area contributed by atoms with Crippen molar-refractivity contribution < 1.29 is 0 Å². The van der Waals surface area contributed by atoms with Gasteiger partial charge >= 0.3 is 0 Å². The molecule has 3 aliphatic rings. The van der Waals surface area contributed by atoms with Crippen molar-refractivity contribution >= 4 is 0 Å². The molecule has 3 saturated carbocycles. The average Bonchev–Trinajstić information content (AvgIpc) is 2.60. The van der Waals surface area contributed by atoms with Gasteiger partial charge in [-0.3, -0.25) is 0 Å². The highest BCUT2D eigenvalue weighted by Gasteiger charge is 2.45. The lowest BCUT2D eigenvalue weighted by Gasteiger charge is -2.50. The van der Waals surface area contributed by atoms with Crippen molar-refractivity contribution in [2.45, 2.75) is 57.8 Å². The molecule has 0 aromatic carbocycles. The molecule has 0 heteroatoms. The van der Waals surface area contributed by atoms with E-state index in [-0.39, 0.29) is 0 Å². The highest BCUT2D eigenvalue weighted by atomic mass is 14.5. The number of fused-ring (bicyclic) bond motifs is 1. The quantitative estimate of drug-likeness (QED) is 0.569. The largest absolute Gasteiger partial charge is 0.0530 e. The third-order valence-corrected chi connectivity index (χ3v) is 5.10. The molecule has 13 heavy (non-hydrogen) atoms. The molecule has 3 aliphatic carbocycles. The highest BCUT2D eigenvalue weighted by molar-refractivity contribution is 4.95. The Morgan fingerprint density at radius 3 is 1.85 bits per heavy atom. The lowest BCUT2D eigenvalue weighted by molar-refractivity contribution is -0.00804. The van der Waals surface area contributed by atoms with Crippen LogP contribution < -0.4 is 0 Å². The van der Waals surface area contributed by atoms with E-state index in [1.165, 1.54) is 23.7 Å². The first kappa shape index (κ1) is 8.32. The molecule has 0 nitrogen and oxygen atoms in total. The maximum atomic E-state index is 1.62. The Labute approximate surface area is 82.1 Å². The van der Waals surface area contributed by atoms with Crippen molar-refractivity contribution in [3.8, 4) is 0 Å². The van der Waals surface area contributed by atoms with Crippen LogP contribution in [0.1, 0.15) is 57.8 Å². The number of hydrogen-bond acceptors (Lipinski definition) is 0. The van der Waals surface area contributed by atoms with Gasteiger partial charge in [-0.05, 0) is 36.5 Å². The van der Waals surface area contributed by atoms with Gasteiger partial charge in [-0.25, -0.2) is 0 Å². The first-order valence-corrected chi connectivity index (χ1v) is 6.45. The van der Waals surface area contributed by atoms with Crippen LogP contribution in [-0.2, 0) is 0 Å². The molecule has 0 radical (unpaired) electrons. The summed E-state index contributed by atoms with van der Waals surface area (Å²) < 4.78 is 0. The molecule has 74 valence electrons. The van der Waals surface area contributed by atoms with Gasteiger partial charge in [0.1, 0.15) is 0 Å². The van der Waals surface area contributed by atoms with E-state index in [0.717, 1.165) is 0 Å². The van der Waals surface area contributed by atoms with Crippen LogP contribution in [0.25, 0.3) is 0 Å². The van der Waals surface area contributed by atoms with Crippen LogP contribution in [0.3, 0.4) is 0 Å². The molecule has 0 heterocycles. The summed E-state index contributed by atoms with van der Waals surface area (Å²) in [5.74, 6) is 4.73. The molecule has 0 bridgehead atoms. The summed E-state index contributed by atoms with van der Waals surface area (Å²) in [4.78, 5) is 0. The van der Waals surface area contributed by atoms with Crippen LogP contribution in [0.4, 0.5) is 0 Å². The number of rotatable bonds is 1.